The lowest BCUT2D eigenvalue weighted by atomic mass is 10.1. The summed E-state index contributed by atoms with van der Waals surface area (Å²) in [4.78, 5) is 33.3. The SMILES string of the molecule is O=C(CCCN1CC=C(N2C(=O)C=CC2=NCc2ccccc2)CC1)c1ccc(F)cc1. The molecule has 0 fully saturated rings. The summed E-state index contributed by atoms with van der Waals surface area (Å²) in [6, 6.07) is 15.7. The number of halogens is 1. The minimum Gasteiger partial charge on any atom is -0.299 e. The lowest BCUT2D eigenvalue weighted by molar-refractivity contribution is -0.120. The Labute approximate surface area is 187 Å². The predicted octanol–water partition coefficient (Wildman–Crippen LogP) is 4.38. The molecule has 0 bridgehead atoms. The van der Waals surface area contributed by atoms with Gasteiger partial charge in [0.25, 0.3) is 5.91 Å². The van der Waals surface area contributed by atoms with E-state index in [9.17, 15) is 14.0 Å². The molecule has 6 heteroatoms. The highest BCUT2D eigenvalue weighted by molar-refractivity contribution is 6.16. The van der Waals surface area contributed by atoms with Crippen molar-refractivity contribution in [2.45, 2.75) is 25.8 Å². The summed E-state index contributed by atoms with van der Waals surface area (Å²) in [5.74, 6) is 0.327. The van der Waals surface area contributed by atoms with Crippen molar-refractivity contribution in [1.82, 2.24) is 9.80 Å². The quantitative estimate of drug-likeness (QED) is 0.583. The fourth-order valence-electron chi connectivity index (χ4n) is 3.93. The van der Waals surface area contributed by atoms with Gasteiger partial charge in [-0.2, -0.15) is 0 Å². The number of hydrogen-bond donors (Lipinski definition) is 0. The molecule has 1 amide bonds. The van der Waals surface area contributed by atoms with E-state index in [1.807, 2.05) is 30.3 Å². The van der Waals surface area contributed by atoms with E-state index < -0.39 is 0 Å². The highest BCUT2D eigenvalue weighted by Gasteiger charge is 2.27. The summed E-state index contributed by atoms with van der Waals surface area (Å²) < 4.78 is 13.0. The second-order valence-electron chi connectivity index (χ2n) is 7.95. The molecule has 0 aliphatic carbocycles. The highest BCUT2D eigenvalue weighted by Crippen LogP contribution is 2.21. The maximum atomic E-state index is 13.0. The molecular weight excluding hydrogens is 405 g/mol. The van der Waals surface area contributed by atoms with Crippen molar-refractivity contribution in [2.24, 2.45) is 4.99 Å². The molecule has 164 valence electrons. The van der Waals surface area contributed by atoms with Crippen molar-refractivity contribution in [1.29, 1.82) is 0 Å². The summed E-state index contributed by atoms with van der Waals surface area (Å²) in [6.07, 6.45) is 7.35. The van der Waals surface area contributed by atoms with Gasteiger partial charge in [0.05, 0.1) is 6.54 Å². The van der Waals surface area contributed by atoms with Gasteiger partial charge in [0, 0.05) is 43.3 Å². The molecule has 2 aliphatic rings. The molecule has 32 heavy (non-hydrogen) atoms. The minimum absolute atomic E-state index is 0.0336. The average Bonchev–Trinajstić information content (AvgIpc) is 3.19. The van der Waals surface area contributed by atoms with Crippen LogP contribution in [0.1, 0.15) is 35.2 Å². The maximum absolute atomic E-state index is 13.0. The van der Waals surface area contributed by atoms with Crippen LogP contribution in [-0.4, -0.2) is 47.0 Å². The van der Waals surface area contributed by atoms with E-state index in [0.29, 0.717) is 24.4 Å². The maximum Gasteiger partial charge on any atom is 0.256 e. The predicted molar refractivity (Wildman–Crippen MR) is 123 cm³/mol. The van der Waals surface area contributed by atoms with Crippen LogP contribution in [0.2, 0.25) is 0 Å². The van der Waals surface area contributed by atoms with Gasteiger partial charge in [0.15, 0.2) is 5.78 Å². The van der Waals surface area contributed by atoms with Gasteiger partial charge in [0.2, 0.25) is 0 Å². The number of benzene rings is 2. The molecule has 2 heterocycles. The summed E-state index contributed by atoms with van der Waals surface area (Å²) >= 11 is 0. The lowest BCUT2D eigenvalue weighted by Crippen LogP contribution is -2.37. The molecule has 0 spiro atoms. The Hall–Kier alpha value is -3.38. The number of aliphatic imine (C=N–C) groups is 1. The van der Waals surface area contributed by atoms with E-state index in [1.54, 1.807) is 17.1 Å². The van der Waals surface area contributed by atoms with Crippen LogP contribution in [0, 0.1) is 5.82 Å². The first-order chi connectivity index (χ1) is 15.6. The average molecular weight is 432 g/mol. The van der Waals surface area contributed by atoms with Gasteiger partial charge < -0.3 is 0 Å². The van der Waals surface area contributed by atoms with Gasteiger partial charge in [-0.05, 0) is 48.9 Å². The molecule has 2 aliphatic heterocycles. The smallest absolute Gasteiger partial charge is 0.256 e. The van der Waals surface area contributed by atoms with Gasteiger partial charge in [-0.1, -0.05) is 36.4 Å². The first-order valence-electron chi connectivity index (χ1n) is 10.9. The minimum atomic E-state index is -0.336. The highest BCUT2D eigenvalue weighted by atomic mass is 19.1. The van der Waals surface area contributed by atoms with Crippen LogP contribution in [0.5, 0.6) is 0 Å². The second-order valence-corrected chi connectivity index (χ2v) is 7.95. The topological polar surface area (TPSA) is 53.0 Å². The van der Waals surface area contributed by atoms with Crippen molar-refractivity contribution in [3.63, 3.8) is 0 Å². The number of amidine groups is 1. The Kier molecular flexibility index (Phi) is 7.02. The summed E-state index contributed by atoms with van der Waals surface area (Å²) in [5.41, 5.74) is 2.63. The van der Waals surface area contributed by atoms with Crippen LogP contribution in [0.3, 0.4) is 0 Å². The van der Waals surface area contributed by atoms with E-state index >= 15 is 0 Å². The molecule has 0 saturated carbocycles. The van der Waals surface area contributed by atoms with E-state index in [1.165, 1.54) is 24.3 Å². The lowest BCUT2D eigenvalue weighted by Gasteiger charge is -2.30. The third-order valence-corrected chi connectivity index (χ3v) is 5.69. The molecule has 5 nitrogen and oxygen atoms in total. The zero-order valence-electron chi connectivity index (χ0n) is 17.9. The third-order valence-electron chi connectivity index (χ3n) is 5.69. The third kappa shape index (κ3) is 5.45. The first-order valence-corrected chi connectivity index (χ1v) is 10.9. The summed E-state index contributed by atoms with van der Waals surface area (Å²) in [6.45, 7) is 2.89. The van der Waals surface area contributed by atoms with Gasteiger partial charge in [-0.15, -0.1) is 0 Å². The number of amides is 1. The van der Waals surface area contributed by atoms with E-state index in [2.05, 4.69) is 16.0 Å². The number of nitrogens with zero attached hydrogens (tertiary/aromatic N) is 3. The Morgan fingerprint density at radius 1 is 1.03 bits per heavy atom. The Balaban J connectivity index is 1.29. The molecule has 0 saturated heterocycles. The number of Topliss-reactive ketones (excluding diaryl/α,β-unsaturated/α-hetero) is 1. The number of hydrogen-bond acceptors (Lipinski definition) is 4. The van der Waals surface area contributed by atoms with E-state index in [-0.39, 0.29) is 17.5 Å². The number of carbonyl (C=O) groups is 2. The van der Waals surface area contributed by atoms with Crippen LogP contribution < -0.4 is 0 Å². The molecular formula is C26H26FN3O2. The van der Waals surface area contributed by atoms with Crippen LogP contribution in [0.4, 0.5) is 4.39 Å². The molecule has 0 N–H and O–H groups in total. The molecule has 0 radical (unpaired) electrons. The molecule has 2 aromatic carbocycles. The fourth-order valence-corrected chi connectivity index (χ4v) is 3.93. The van der Waals surface area contributed by atoms with Crippen LogP contribution in [-0.2, 0) is 11.3 Å². The second kappa shape index (κ2) is 10.3. The van der Waals surface area contributed by atoms with Crippen molar-refractivity contribution < 1.29 is 14.0 Å². The van der Waals surface area contributed by atoms with Crippen molar-refractivity contribution in [3.05, 3.63) is 95.5 Å². The normalized spacial score (nSPS) is 17.8. The standard InChI is InChI=1S/C26H26FN3O2/c27-22-10-8-21(9-11-22)24(31)7-4-16-29-17-14-23(15-18-29)30-25(12-13-26(30)32)28-19-20-5-2-1-3-6-20/h1-3,5-6,8-14H,4,7,15-19H2. The molecule has 2 aromatic rings. The Bertz CT molecular complexity index is 1060. The Morgan fingerprint density at radius 2 is 1.81 bits per heavy atom. The van der Waals surface area contributed by atoms with Crippen LogP contribution >= 0.6 is 0 Å². The molecule has 4 rings (SSSR count). The summed E-state index contributed by atoms with van der Waals surface area (Å²) in [7, 11) is 0. The van der Waals surface area contributed by atoms with E-state index in [4.69, 9.17) is 0 Å². The Morgan fingerprint density at radius 3 is 2.53 bits per heavy atom. The monoisotopic (exact) mass is 431 g/mol. The van der Waals surface area contributed by atoms with Crippen molar-refractivity contribution in [3.8, 4) is 0 Å². The largest absolute Gasteiger partial charge is 0.299 e. The summed E-state index contributed by atoms with van der Waals surface area (Å²) in [5, 5.41) is 0. The number of rotatable bonds is 8. The van der Waals surface area contributed by atoms with E-state index in [0.717, 1.165) is 43.7 Å². The van der Waals surface area contributed by atoms with Crippen LogP contribution in [0.15, 0.2) is 83.5 Å². The van der Waals surface area contributed by atoms with Gasteiger partial charge in [0.1, 0.15) is 11.7 Å². The fraction of sp³-hybridized carbons (Fsp3) is 0.269. The first kappa shape index (κ1) is 21.8. The van der Waals surface area contributed by atoms with Crippen LogP contribution in [0.25, 0.3) is 0 Å². The zero-order valence-corrected chi connectivity index (χ0v) is 17.9. The molecule has 0 aromatic heterocycles. The van der Waals surface area contributed by atoms with Gasteiger partial charge in [-0.3, -0.25) is 24.4 Å². The van der Waals surface area contributed by atoms with Gasteiger partial charge in [-0.25, -0.2) is 4.39 Å². The zero-order chi connectivity index (χ0) is 22.3. The number of carbonyl (C=O) groups excluding carboxylic acids is 2. The van der Waals surface area contributed by atoms with Gasteiger partial charge >= 0.3 is 0 Å². The molecule has 0 unspecified atom stereocenters. The molecule has 0 atom stereocenters. The van der Waals surface area contributed by atoms with Crippen molar-refractivity contribution in [2.75, 3.05) is 19.6 Å². The number of ketones is 1. The van der Waals surface area contributed by atoms with Crippen molar-refractivity contribution >= 4 is 17.5 Å².